The van der Waals surface area contributed by atoms with Gasteiger partial charge in [0.1, 0.15) is 0 Å². The maximum atomic E-state index is 12.4. The van der Waals surface area contributed by atoms with Crippen molar-refractivity contribution < 1.29 is 4.79 Å². The number of likely N-dealkylation sites (tertiary alicyclic amines) is 1. The van der Waals surface area contributed by atoms with Gasteiger partial charge in [0.25, 0.3) is 0 Å². The van der Waals surface area contributed by atoms with E-state index in [1.807, 2.05) is 4.90 Å². The Bertz CT molecular complexity index is 415. The lowest BCUT2D eigenvalue weighted by Gasteiger charge is -2.32. The molecule has 0 aromatic carbocycles. The van der Waals surface area contributed by atoms with E-state index in [-0.39, 0.29) is 11.9 Å². The second-order valence-corrected chi connectivity index (χ2v) is 6.71. The number of thiophene rings is 1. The molecule has 2 heterocycles. The molecule has 1 atom stereocenters. The first kappa shape index (κ1) is 16.5. The van der Waals surface area contributed by atoms with Crippen LogP contribution in [0.3, 0.4) is 0 Å². The molecule has 2 N–H and O–H groups in total. The zero-order chi connectivity index (χ0) is 15.1. The van der Waals surface area contributed by atoms with Crippen LogP contribution in [0.4, 0.5) is 0 Å². The van der Waals surface area contributed by atoms with E-state index in [4.69, 9.17) is 5.73 Å². The van der Waals surface area contributed by atoms with Gasteiger partial charge in [-0.15, -0.1) is 11.3 Å². The third kappa shape index (κ3) is 4.80. The van der Waals surface area contributed by atoms with E-state index in [1.165, 1.54) is 11.3 Å². The molecule has 4 nitrogen and oxygen atoms in total. The largest absolute Gasteiger partial charge is 0.343 e. The Morgan fingerprint density at radius 2 is 2.19 bits per heavy atom. The normalized spacial score (nSPS) is 17.2. The number of hydrogen-bond donors (Lipinski definition) is 1. The van der Waals surface area contributed by atoms with Gasteiger partial charge in [0, 0.05) is 43.5 Å². The molecule has 2 rings (SSSR count). The summed E-state index contributed by atoms with van der Waals surface area (Å²) in [5.74, 6) is 0.273. The molecule has 1 aliphatic heterocycles. The molecule has 0 radical (unpaired) electrons. The number of carbonyl (C=O) groups excluding carboxylic acids is 1. The fourth-order valence-corrected chi connectivity index (χ4v) is 3.67. The highest BCUT2D eigenvalue weighted by Crippen LogP contribution is 2.17. The summed E-state index contributed by atoms with van der Waals surface area (Å²) in [6, 6.07) is 4.36. The highest BCUT2D eigenvalue weighted by Gasteiger charge is 2.23. The zero-order valence-electron chi connectivity index (χ0n) is 13.0. The van der Waals surface area contributed by atoms with Crippen molar-refractivity contribution in [1.29, 1.82) is 0 Å². The third-order valence-electron chi connectivity index (χ3n) is 4.25. The first-order valence-corrected chi connectivity index (χ1v) is 8.86. The van der Waals surface area contributed by atoms with Crippen molar-refractivity contribution in [3.8, 4) is 0 Å². The number of piperidine rings is 1. The molecular weight excluding hydrogens is 282 g/mol. The minimum Gasteiger partial charge on any atom is -0.343 e. The Morgan fingerprint density at radius 1 is 1.43 bits per heavy atom. The Labute approximate surface area is 131 Å². The van der Waals surface area contributed by atoms with Crippen molar-refractivity contribution >= 4 is 17.2 Å². The number of rotatable bonds is 7. The van der Waals surface area contributed by atoms with Crippen LogP contribution in [-0.2, 0) is 11.3 Å². The van der Waals surface area contributed by atoms with Crippen LogP contribution in [0.5, 0.6) is 0 Å². The molecule has 1 unspecified atom stereocenters. The van der Waals surface area contributed by atoms with Gasteiger partial charge in [0.15, 0.2) is 0 Å². The van der Waals surface area contributed by atoms with Crippen LogP contribution in [-0.4, -0.2) is 47.9 Å². The second kappa shape index (κ2) is 8.51. The highest BCUT2D eigenvalue weighted by molar-refractivity contribution is 7.09. The minimum atomic E-state index is 0.145. The van der Waals surface area contributed by atoms with Gasteiger partial charge in [-0.25, -0.2) is 0 Å². The van der Waals surface area contributed by atoms with Crippen molar-refractivity contribution in [2.45, 2.75) is 45.2 Å². The quantitative estimate of drug-likeness (QED) is 0.841. The van der Waals surface area contributed by atoms with Gasteiger partial charge in [0.05, 0.1) is 0 Å². The molecule has 1 aliphatic rings. The van der Waals surface area contributed by atoms with E-state index >= 15 is 0 Å². The summed E-state index contributed by atoms with van der Waals surface area (Å²) in [5, 5.41) is 2.10. The third-order valence-corrected chi connectivity index (χ3v) is 5.11. The standard InChI is InChI=1S/C16H27N3OS/c1-2-18(13-15-7-6-10-21-15)14(12-17)11-16(20)19-8-4-3-5-9-19/h6-7,10,14H,2-5,8-9,11-13,17H2,1H3. The monoisotopic (exact) mass is 309 g/mol. The smallest absolute Gasteiger partial charge is 0.224 e. The molecule has 0 spiro atoms. The summed E-state index contributed by atoms with van der Waals surface area (Å²) in [6.45, 7) is 6.34. The lowest BCUT2D eigenvalue weighted by atomic mass is 10.1. The number of amides is 1. The summed E-state index contributed by atoms with van der Waals surface area (Å²) >= 11 is 1.76. The molecular formula is C16H27N3OS. The first-order valence-electron chi connectivity index (χ1n) is 7.98. The molecule has 5 heteroatoms. The molecule has 1 aromatic rings. The van der Waals surface area contributed by atoms with Crippen molar-refractivity contribution in [3.63, 3.8) is 0 Å². The fourth-order valence-electron chi connectivity index (χ4n) is 2.94. The summed E-state index contributed by atoms with van der Waals surface area (Å²) in [7, 11) is 0. The average molecular weight is 309 g/mol. The van der Waals surface area contributed by atoms with Crippen LogP contribution in [0, 0.1) is 0 Å². The van der Waals surface area contributed by atoms with Crippen LogP contribution in [0.2, 0.25) is 0 Å². The van der Waals surface area contributed by atoms with Gasteiger partial charge in [-0.2, -0.15) is 0 Å². The topological polar surface area (TPSA) is 49.6 Å². The second-order valence-electron chi connectivity index (χ2n) is 5.68. The Hall–Kier alpha value is -0.910. The van der Waals surface area contributed by atoms with Crippen LogP contribution in [0.25, 0.3) is 0 Å². The van der Waals surface area contributed by atoms with E-state index in [2.05, 4.69) is 29.3 Å². The Morgan fingerprint density at radius 3 is 2.76 bits per heavy atom. The lowest BCUT2D eigenvalue weighted by molar-refractivity contribution is -0.133. The van der Waals surface area contributed by atoms with E-state index in [0.29, 0.717) is 13.0 Å². The Kier molecular flexibility index (Phi) is 6.67. The van der Waals surface area contributed by atoms with Crippen LogP contribution < -0.4 is 5.73 Å². The summed E-state index contributed by atoms with van der Waals surface area (Å²) < 4.78 is 0. The highest BCUT2D eigenvalue weighted by atomic mass is 32.1. The number of carbonyl (C=O) groups is 1. The van der Waals surface area contributed by atoms with Gasteiger partial charge in [-0.05, 0) is 37.3 Å². The first-order chi connectivity index (χ1) is 10.2. The number of likely N-dealkylation sites (N-methyl/N-ethyl adjacent to an activating group) is 1. The van der Waals surface area contributed by atoms with Crippen LogP contribution >= 0.6 is 11.3 Å². The fraction of sp³-hybridized carbons (Fsp3) is 0.688. The molecule has 1 amide bonds. The van der Waals surface area contributed by atoms with Crippen LogP contribution in [0.15, 0.2) is 17.5 Å². The molecule has 1 fully saturated rings. The minimum absolute atomic E-state index is 0.145. The molecule has 0 bridgehead atoms. The van der Waals surface area contributed by atoms with Crippen LogP contribution in [0.1, 0.15) is 37.5 Å². The molecule has 0 saturated carbocycles. The lowest BCUT2D eigenvalue weighted by Crippen LogP contribution is -2.45. The van der Waals surface area contributed by atoms with Crippen molar-refractivity contribution in [2.75, 3.05) is 26.2 Å². The van der Waals surface area contributed by atoms with Crippen molar-refractivity contribution in [2.24, 2.45) is 5.73 Å². The maximum Gasteiger partial charge on any atom is 0.224 e. The zero-order valence-corrected chi connectivity index (χ0v) is 13.8. The van der Waals surface area contributed by atoms with E-state index in [0.717, 1.165) is 39.0 Å². The van der Waals surface area contributed by atoms with Gasteiger partial charge in [0.2, 0.25) is 5.91 Å². The summed E-state index contributed by atoms with van der Waals surface area (Å²) in [6.07, 6.45) is 4.09. The van der Waals surface area contributed by atoms with E-state index in [1.54, 1.807) is 11.3 Å². The predicted octanol–water partition coefficient (Wildman–Crippen LogP) is 2.30. The number of nitrogens with two attached hydrogens (primary N) is 1. The Balaban J connectivity index is 1.91. The molecule has 21 heavy (non-hydrogen) atoms. The molecule has 1 saturated heterocycles. The summed E-state index contributed by atoms with van der Waals surface area (Å²) in [5.41, 5.74) is 5.95. The molecule has 118 valence electrons. The van der Waals surface area contributed by atoms with E-state index < -0.39 is 0 Å². The summed E-state index contributed by atoms with van der Waals surface area (Å²) in [4.78, 5) is 18.1. The average Bonchev–Trinajstić information content (AvgIpc) is 3.04. The van der Waals surface area contributed by atoms with Crippen molar-refractivity contribution in [1.82, 2.24) is 9.80 Å². The van der Waals surface area contributed by atoms with E-state index in [9.17, 15) is 4.79 Å². The molecule has 1 aromatic heterocycles. The van der Waals surface area contributed by atoms with Gasteiger partial charge in [-0.1, -0.05) is 13.0 Å². The number of nitrogens with zero attached hydrogens (tertiary/aromatic N) is 2. The van der Waals surface area contributed by atoms with Gasteiger partial charge in [-0.3, -0.25) is 9.69 Å². The SMILES string of the molecule is CCN(Cc1cccs1)C(CN)CC(=O)N1CCCCC1. The maximum absolute atomic E-state index is 12.4. The van der Waals surface area contributed by atoms with Gasteiger partial charge < -0.3 is 10.6 Å². The predicted molar refractivity (Wildman–Crippen MR) is 88.3 cm³/mol. The van der Waals surface area contributed by atoms with Gasteiger partial charge >= 0.3 is 0 Å². The number of hydrogen-bond acceptors (Lipinski definition) is 4. The molecule has 0 aliphatic carbocycles. The van der Waals surface area contributed by atoms with Crippen molar-refractivity contribution in [3.05, 3.63) is 22.4 Å².